The first-order valence-corrected chi connectivity index (χ1v) is 4.42. The maximum Gasteiger partial charge on any atom is 0.142 e. The molecule has 1 fully saturated rings. The molecule has 0 saturated heterocycles. The number of carbonyl (C=O) groups excluding carboxylic acids is 1. The standard InChI is InChI=1S/C10H16O/c1-3-10(4-2)8-6-5-7-9(10)11/h3H,1,4-8H2,2H3. The van der Waals surface area contributed by atoms with Gasteiger partial charge in [0.15, 0.2) is 0 Å². The van der Waals surface area contributed by atoms with Crippen molar-refractivity contribution in [3.8, 4) is 0 Å². The first-order chi connectivity index (χ1) is 5.25. The fourth-order valence-corrected chi connectivity index (χ4v) is 1.85. The molecule has 0 aliphatic heterocycles. The molecule has 0 N–H and O–H groups in total. The number of carbonyl (C=O) groups is 1. The average Bonchev–Trinajstić information content (AvgIpc) is 2.06. The van der Waals surface area contributed by atoms with Gasteiger partial charge in [0.1, 0.15) is 5.78 Å². The van der Waals surface area contributed by atoms with E-state index in [0.29, 0.717) is 5.78 Å². The molecule has 0 aromatic rings. The topological polar surface area (TPSA) is 17.1 Å². The first kappa shape index (κ1) is 8.51. The van der Waals surface area contributed by atoms with Crippen LogP contribution in [0.5, 0.6) is 0 Å². The van der Waals surface area contributed by atoms with Gasteiger partial charge < -0.3 is 0 Å². The minimum atomic E-state index is -0.155. The van der Waals surface area contributed by atoms with Crippen molar-refractivity contribution in [3.63, 3.8) is 0 Å². The van der Waals surface area contributed by atoms with E-state index in [4.69, 9.17) is 0 Å². The van der Waals surface area contributed by atoms with Crippen LogP contribution in [0.1, 0.15) is 39.0 Å². The fourth-order valence-electron chi connectivity index (χ4n) is 1.85. The normalized spacial score (nSPS) is 31.9. The van der Waals surface area contributed by atoms with Crippen LogP contribution in [0.4, 0.5) is 0 Å². The van der Waals surface area contributed by atoms with Gasteiger partial charge in [0.05, 0.1) is 0 Å². The molecule has 1 aliphatic carbocycles. The predicted octanol–water partition coefficient (Wildman–Crippen LogP) is 2.71. The quantitative estimate of drug-likeness (QED) is 0.556. The number of rotatable bonds is 2. The Morgan fingerprint density at radius 3 is 2.73 bits per heavy atom. The highest BCUT2D eigenvalue weighted by Gasteiger charge is 2.34. The lowest BCUT2D eigenvalue weighted by Crippen LogP contribution is -2.31. The third kappa shape index (κ3) is 1.37. The van der Waals surface area contributed by atoms with Gasteiger partial charge in [-0.2, -0.15) is 0 Å². The van der Waals surface area contributed by atoms with Crippen molar-refractivity contribution < 1.29 is 4.79 Å². The summed E-state index contributed by atoms with van der Waals surface area (Å²) in [7, 11) is 0. The van der Waals surface area contributed by atoms with Gasteiger partial charge in [-0.15, -0.1) is 6.58 Å². The van der Waals surface area contributed by atoms with Crippen LogP contribution in [0.15, 0.2) is 12.7 Å². The molecule has 11 heavy (non-hydrogen) atoms. The van der Waals surface area contributed by atoms with E-state index in [9.17, 15) is 4.79 Å². The summed E-state index contributed by atoms with van der Waals surface area (Å²) in [6.45, 7) is 5.83. The van der Waals surface area contributed by atoms with Crippen LogP contribution >= 0.6 is 0 Å². The summed E-state index contributed by atoms with van der Waals surface area (Å²) in [4.78, 5) is 11.5. The van der Waals surface area contributed by atoms with Crippen molar-refractivity contribution in [2.24, 2.45) is 5.41 Å². The van der Waals surface area contributed by atoms with Crippen molar-refractivity contribution in [2.45, 2.75) is 39.0 Å². The fraction of sp³-hybridized carbons (Fsp3) is 0.700. The molecule has 62 valence electrons. The summed E-state index contributed by atoms with van der Waals surface area (Å²) < 4.78 is 0. The van der Waals surface area contributed by atoms with Gasteiger partial charge in [0.25, 0.3) is 0 Å². The number of ketones is 1. The highest BCUT2D eigenvalue weighted by molar-refractivity contribution is 5.87. The van der Waals surface area contributed by atoms with Crippen LogP contribution in [-0.4, -0.2) is 5.78 Å². The van der Waals surface area contributed by atoms with Gasteiger partial charge in [-0.05, 0) is 19.3 Å². The van der Waals surface area contributed by atoms with Crippen LogP contribution in [0.3, 0.4) is 0 Å². The Morgan fingerprint density at radius 2 is 2.36 bits per heavy atom. The smallest absolute Gasteiger partial charge is 0.142 e. The van der Waals surface area contributed by atoms with E-state index in [2.05, 4.69) is 13.5 Å². The minimum Gasteiger partial charge on any atom is -0.299 e. The molecule has 1 unspecified atom stereocenters. The highest BCUT2D eigenvalue weighted by Crippen LogP contribution is 2.36. The van der Waals surface area contributed by atoms with Gasteiger partial charge in [-0.25, -0.2) is 0 Å². The van der Waals surface area contributed by atoms with Gasteiger partial charge in [-0.1, -0.05) is 19.4 Å². The second kappa shape index (κ2) is 3.21. The van der Waals surface area contributed by atoms with Crippen molar-refractivity contribution in [2.75, 3.05) is 0 Å². The Hall–Kier alpha value is -0.590. The molecule has 0 radical (unpaired) electrons. The molecule has 0 aromatic heterocycles. The third-order valence-electron chi connectivity index (χ3n) is 2.85. The first-order valence-electron chi connectivity index (χ1n) is 4.42. The van der Waals surface area contributed by atoms with E-state index in [1.54, 1.807) is 0 Å². The van der Waals surface area contributed by atoms with Crippen LogP contribution < -0.4 is 0 Å². The van der Waals surface area contributed by atoms with E-state index in [-0.39, 0.29) is 5.41 Å². The maximum atomic E-state index is 11.5. The largest absolute Gasteiger partial charge is 0.299 e. The van der Waals surface area contributed by atoms with Crippen molar-refractivity contribution >= 4 is 5.78 Å². The molecule has 1 nitrogen and oxygen atoms in total. The number of hydrogen-bond acceptors (Lipinski definition) is 1. The second-order valence-corrected chi connectivity index (χ2v) is 3.34. The number of allylic oxidation sites excluding steroid dienone is 1. The molecule has 1 aliphatic rings. The van der Waals surface area contributed by atoms with Crippen molar-refractivity contribution in [1.29, 1.82) is 0 Å². The molecule has 1 rings (SSSR count). The Labute approximate surface area is 68.5 Å². The van der Waals surface area contributed by atoms with Crippen LogP contribution in [0.2, 0.25) is 0 Å². The van der Waals surface area contributed by atoms with Crippen molar-refractivity contribution in [3.05, 3.63) is 12.7 Å². The van der Waals surface area contributed by atoms with Crippen molar-refractivity contribution in [1.82, 2.24) is 0 Å². The molecular weight excluding hydrogens is 136 g/mol. The third-order valence-corrected chi connectivity index (χ3v) is 2.85. The second-order valence-electron chi connectivity index (χ2n) is 3.34. The molecule has 0 heterocycles. The Balaban J connectivity index is 2.77. The summed E-state index contributed by atoms with van der Waals surface area (Å²) in [6.07, 6.45) is 6.83. The number of Topliss-reactive ketones (excluding diaryl/α,β-unsaturated/α-hetero) is 1. The van der Waals surface area contributed by atoms with Gasteiger partial charge in [0, 0.05) is 11.8 Å². The zero-order valence-electron chi connectivity index (χ0n) is 7.23. The zero-order valence-corrected chi connectivity index (χ0v) is 7.23. The predicted molar refractivity (Wildman–Crippen MR) is 46.4 cm³/mol. The molecule has 1 atom stereocenters. The Kier molecular flexibility index (Phi) is 2.48. The van der Waals surface area contributed by atoms with E-state index in [1.807, 2.05) is 6.08 Å². The summed E-state index contributed by atoms with van der Waals surface area (Å²) in [5, 5.41) is 0. The van der Waals surface area contributed by atoms with Gasteiger partial charge in [-0.3, -0.25) is 4.79 Å². The maximum absolute atomic E-state index is 11.5. The SMILES string of the molecule is C=CC1(CC)CCCCC1=O. The Morgan fingerprint density at radius 1 is 1.64 bits per heavy atom. The molecule has 1 heteroatoms. The summed E-state index contributed by atoms with van der Waals surface area (Å²) in [6, 6.07) is 0. The molecule has 0 amide bonds. The van der Waals surface area contributed by atoms with Crippen LogP contribution in [-0.2, 0) is 4.79 Å². The lowest BCUT2D eigenvalue weighted by Gasteiger charge is -2.31. The van der Waals surface area contributed by atoms with E-state index >= 15 is 0 Å². The van der Waals surface area contributed by atoms with Gasteiger partial charge in [0.2, 0.25) is 0 Å². The number of hydrogen-bond donors (Lipinski definition) is 0. The summed E-state index contributed by atoms with van der Waals surface area (Å²) in [5.41, 5.74) is -0.155. The Bertz CT molecular complexity index is 172. The van der Waals surface area contributed by atoms with Gasteiger partial charge >= 0.3 is 0 Å². The van der Waals surface area contributed by atoms with E-state index in [1.165, 1.54) is 6.42 Å². The molecular formula is C10H16O. The van der Waals surface area contributed by atoms with Crippen LogP contribution in [0, 0.1) is 5.41 Å². The average molecular weight is 152 g/mol. The molecule has 1 saturated carbocycles. The van der Waals surface area contributed by atoms with E-state index in [0.717, 1.165) is 25.7 Å². The summed E-state index contributed by atoms with van der Waals surface area (Å²) in [5.74, 6) is 0.404. The lowest BCUT2D eigenvalue weighted by molar-refractivity contribution is -0.128. The molecule has 0 aromatic carbocycles. The molecule has 0 spiro atoms. The molecule has 0 bridgehead atoms. The monoisotopic (exact) mass is 152 g/mol. The van der Waals surface area contributed by atoms with E-state index < -0.39 is 0 Å². The minimum absolute atomic E-state index is 0.155. The van der Waals surface area contributed by atoms with Crippen LogP contribution in [0.25, 0.3) is 0 Å². The lowest BCUT2D eigenvalue weighted by atomic mass is 9.71. The zero-order chi connectivity index (χ0) is 8.32. The highest BCUT2D eigenvalue weighted by atomic mass is 16.1. The summed E-state index contributed by atoms with van der Waals surface area (Å²) >= 11 is 0.